The van der Waals surface area contributed by atoms with Gasteiger partial charge in [-0.15, -0.1) is 0 Å². The number of hydrogen-bond acceptors (Lipinski definition) is 4. The molecule has 0 aliphatic rings. The first-order chi connectivity index (χ1) is 16.8. The molecule has 2 aromatic carbocycles. The number of nitrogens with zero attached hydrogens (tertiary/aromatic N) is 3. The lowest BCUT2D eigenvalue weighted by Gasteiger charge is -2.15. The number of ether oxygens (including phenoxy) is 1. The molecule has 7 nitrogen and oxygen atoms in total. The van der Waals surface area contributed by atoms with Crippen molar-refractivity contribution in [1.29, 1.82) is 0 Å². The molecule has 0 bridgehead atoms. The maximum atomic E-state index is 13.5. The van der Waals surface area contributed by atoms with Gasteiger partial charge in [0.25, 0.3) is 5.56 Å². The van der Waals surface area contributed by atoms with E-state index in [1.165, 1.54) is 0 Å². The quantitative estimate of drug-likeness (QED) is 0.413. The molecule has 0 unspecified atom stereocenters. The summed E-state index contributed by atoms with van der Waals surface area (Å²) < 4.78 is 8.87. The number of benzene rings is 2. The van der Waals surface area contributed by atoms with Crippen LogP contribution >= 0.6 is 0 Å². The number of aromatic nitrogens is 3. The third-order valence-corrected chi connectivity index (χ3v) is 6.41. The number of nitrogens with one attached hydrogen (secondary N) is 1. The van der Waals surface area contributed by atoms with E-state index in [4.69, 9.17) is 9.84 Å². The lowest BCUT2D eigenvalue weighted by Crippen LogP contribution is -2.28. The number of pyridine rings is 1. The van der Waals surface area contributed by atoms with Gasteiger partial charge in [0.15, 0.2) is 0 Å². The van der Waals surface area contributed by atoms with E-state index in [1.807, 2.05) is 74.8 Å². The van der Waals surface area contributed by atoms with Gasteiger partial charge >= 0.3 is 0 Å². The zero-order valence-corrected chi connectivity index (χ0v) is 21.0. The Morgan fingerprint density at radius 1 is 1.09 bits per heavy atom. The normalized spacial score (nSPS) is 11.1. The lowest BCUT2D eigenvalue weighted by atomic mass is 10.0. The molecule has 35 heavy (non-hydrogen) atoms. The molecular formula is C28H32N4O3. The second-order valence-electron chi connectivity index (χ2n) is 8.82. The first-order valence-corrected chi connectivity index (χ1v) is 11.9. The Bertz CT molecular complexity index is 1450. The van der Waals surface area contributed by atoms with Gasteiger partial charge in [-0.05, 0) is 75.1 Å². The highest BCUT2D eigenvalue weighted by Crippen LogP contribution is 2.26. The van der Waals surface area contributed by atoms with Crippen LogP contribution in [-0.2, 0) is 24.3 Å². The second kappa shape index (κ2) is 10.2. The van der Waals surface area contributed by atoms with E-state index in [2.05, 4.69) is 11.4 Å². The number of carbonyl (C=O) groups excluding carboxylic acids is 1. The molecule has 4 aromatic rings. The van der Waals surface area contributed by atoms with Gasteiger partial charge < -0.3 is 10.1 Å². The Balaban J connectivity index is 1.62. The van der Waals surface area contributed by atoms with Crippen LogP contribution in [0.1, 0.15) is 41.3 Å². The van der Waals surface area contributed by atoms with Crippen LogP contribution in [0.25, 0.3) is 16.7 Å². The summed E-state index contributed by atoms with van der Waals surface area (Å²) in [6, 6.07) is 15.7. The molecule has 2 heterocycles. The zero-order valence-electron chi connectivity index (χ0n) is 21.0. The summed E-state index contributed by atoms with van der Waals surface area (Å²) in [5.74, 6) is 0.657. The highest BCUT2D eigenvalue weighted by atomic mass is 16.5. The topological polar surface area (TPSA) is 78.2 Å². The van der Waals surface area contributed by atoms with Crippen molar-refractivity contribution in [2.75, 3.05) is 7.11 Å². The second-order valence-corrected chi connectivity index (χ2v) is 8.82. The maximum Gasteiger partial charge on any atom is 0.255 e. The molecule has 0 aliphatic carbocycles. The van der Waals surface area contributed by atoms with Crippen molar-refractivity contribution in [2.24, 2.45) is 0 Å². The van der Waals surface area contributed by atoms with Gasteiger partial charge in [-0.3, -0.25) is 14.2 Å². The van der Waals surface area contributed by atoms with Crippen molar-refractivity contribution in [1.82, 2.24) is 19.7 Å². The SMILES string of the molecule is CCn1c(=O)c(CCC(=O)NCc2cccc(OC)c2)c(C)c2c(C)nn(-c3cccc(C)c3)c21. The third kappa shape index (κ3) is 4.85. The van der Waals surface area contributed by atoms with E-state index < -0.39 is 0 Å². The van der Waals surface area contributed by atoms with E-state index in [-0.39, 0.29) is 17.9 Å². The maximum absolute atomic E-state index is 13.5. The summed E-state index contributed by atoms with van der Waals surface area (Å²) in [6.07, 6.45) is 0.611. The number of methoxy groups -OCH3 is 1. The average Bonchev–Trinajstić information content (AvgIpc) is 3.20. The summed E-state index contributed by atoms with van der Waals surface area (Å²) in [7, 11) is 1.62. The van der Waals surface area contributed by atoms with Gasteiger partial charge in [-0.2, -0.15) is 5.10 Å². The molecule has 0 saturated carbocycles. The van der Waals surface area contributed by atoms with Crippen LogP contribution in [0.15, 0.2) is 53.3 Å². The average molecular weight is 473 g/mol. The molecule has 4 rings (SSSR count). The van der Waals surface area contributed by atoms with E-state index in [1.54, 1.807) is 11.7 Å². The van der Waals surface area contributed by atoms with Gasteiger partial charge in [0.2, 0.25) is 5.91 Å². The van der Waals surface area contributed by atoms with Crippen molar-refractivity contribution in [3.63, 3.8) is 0 Å². The summed E-state index contributed by atoms with van der Waals surface area (Å²) >= 11 is 0. The van der Waals surface area contributed by atoms with Gasteiger partial charge in [0, 0.05) is 30.5 Å². The van der Waals surface area contributed by atoms with Crippen LogP contribution in [0.3, 0.4) is 0 Å². The Morgan fingerprint density at radius 2 is 1.86 bits per heavy atom. The first kappa shape index (κ1) is 24.3. The van der Waals surface area contributed by atoms with Crippen LogP contribution in [-0.4, -0.2) is 27.4 Å². The minimum atomic E-state index is -0.0954. The molecule has 1 amide bonds. The molecule has 182 valence electrons. The molecule has 2 aromatic heterocycles. The minimum absolute atomic E-state index is 0.0631. The summed E-state index contributed by atoms with van der Waals surface area (Å²) in [4.78, 5) is 26.1. The predicted molar refractivity (Wildman–Crippen MR) is 138 cm³/mol. The molecule has 1 N–H and O–H groups in total. The number of carbonyl (C=O) groups is 1. The number of rotatable bonds is 8. The number of fused-ring (bicyclic) bond motifs is 1. The zero-order chi connectivity index (χ0) is 25.1. The molecule has 0 spiro atoms. The first-order valence-electron chi connectivity index (χ1n) is 11.9. The van der Waals surface area contributed by atoms with Gasteiger partial charge in [-0.1, -0.05) is 24.3 Å². The molecule has 0 saturated heterocycles. The van der Waals surface area contributed by atoms with E-state index in [9.17, 15) is 9.59 Å². The van der Waals surface area contributed by atoms with Crippen LogP contribution in [0.4, 0.5) is 0 Å². The van der Waals surface area contributed by atoms with Gasteiger partial charge in [0.1, 0.15) is 11.4 Å². The van der Waals surface area contributed by atoms with E-state index in [0.29, 0.717) is 25.1 Å². The fraction of sp³-hybridized carbons (Fsp3) is 0.321. The predicted octanol–water partition coefficient (Wildman–Crippen LogP) is 4.39. The largest absolute Gasteiger partial charge is 0.497 e. The third-order valence-electron chi connectivity index (χ3n) is 6.41. The lowest BCUT2D eigenvalue weighted by molar-refractivity contribution is -0.121. The number of aryl methyl sites for hydroxylation is 4. The summed E-state index contributed by atoms with van der Waals surface area (Å²) in [5, 5.41) is 8.71. The Kier molecular flexibility index (Phi) is 7.05. The Labute approximate surface area is 205 Å². The van der Waals surface area contributed by atoms with Crippen LogP contribution in [0.5, 0.6) is 5.75 Å². The summed E-state index contributed by atoms with van der Waals surface area (Å²) in [5.41, 5.74) is 6.18. The van der Waals surface area contributed by atoms with E-state index >= 15 is 0 Å². The Hall–Kier alpha value is -3.87. The number of amides is 1. The van der Waals surface area contributed by atoms with Crippen molar-refractivity contribution in [3.8, 4) is 11.4 Å². The standard InChI is InChI=1S/C28H32N4O3/c1-6-31-27-26(20(4)30-32(27)22-11-7-9-18(2)15-22)19(3)24(28(31)34)13-14-25(33)29-17-21-10-8-12-23(16-21)35-5/h7-12,15-16H,6,13-14,17H2,1-5H3,(H,29,33). The fourth-order valence-corrected chi connectivity index (χ4v) is 4.61. The number of hydrogen-bond donors (Lipinski definition) is 1. The molecule has 0 radical (unpaired) electrons. The highest BCUT2D eigenvalue weighted by molar-refractivity contribution is 5.85. The van der Waals surface area contributed by atoms with Crippen LogP contribution in [0, 0.1) is 20.8 Å². The van der Waals surface area contributed by atoms with Gasteiger partial charge in [-0.25, -0.2) is 4.68 Å². The van der Waals surface area contributed by atoms with Crippen molar-refractivity contribution in [3.05, 3.63) is 86.8 Å². The fourth-order valence-electron chi connectivity index (χ4n) is 4.61. The van der Waals surface area contributed by atoms with Crippen molar-refractivity contribution in [2.45, 2.75) is 53.6 Å². The monoisotopic (exact) mass is 472 g/mol. The molecule has 0 aliphatic heterocycles. The van der Waals surface area contributed by atoms with Crippen molar-refractivity contribution < 1.29 is 9.53 Å². The van der Waals surface area contributed by atoms with Crippen molar-refractivity contribution >= 4 is 16.9 Å². The molecule has 0 atom stereocenters. The highest BCUT2D eigenvalue weighted by Gasteiger charge is 2.21. The Morgan fingerprint density at radius 3 is 2.57 bits per heavy atom. The summed E-state index contributed by atoms with van der Waals surface area (Å²) in [6.45, 7) is 8.86. The molecule has 7 heteroatoms. The van der Waals surface area contributed by atoms with Gasteiger partial charge in [0.05, 0.1) is 18.5 Å². The molecular weight excluding hydrogens is 440 g/mol. The van der Waals surface area contributed by atoms with E-state index in [0.717, 1.165) is 44.9 Å². The smallest absolute Gasteiger partial charge is 0.255 e. The van der Waals surface area contributed by atoms with Crippen LogP contribution in [0.2, 0.25) is 0 Å². The molecule has 0 fully saturated rings. The van der Waals surface area contributed by atoms with Crippen LogP contribution < -0.4 is 15.6 Å². The minimum Gasteiger partial charge on any atom is -0.497 e.